The standard InChI is InChI=1S/C10H17NO/c1-2-9(3-1)4-5-10(9)8-12-7-6-11-10/h11H,1-8H2. The highest BCUT2D eigenvalue weighted by atomic mass is 16.5. The minimum absolute atomic E-state index is 0.420. The van der Waals surface area contributed by atoms with Gasteiger partial charge in [-0.15, -0.1) is 0 Å². The average Bonchev–Trinajstić information content (AvgIpc) is 2.01. The topological polar surface area (TPSA) is 21.3 Å². The number of morpholine rings is 1. The summed E-state index contributed by atoms with van der Waals surface area (Å²) in [5.41, 5.74) is 1.09. The van der Waals surface area contributed by atoms with Gasteiger partial charge in [-0.25, -0.2) is 0 Å². The maximum absolute atomic E-state index is 5.60. The number of rotatable bonds is 0. The third-order valence-electron chi connectivity index (χ3n) is 4.41. The fourth-order valence-corrected chi connectivity index (χ4v) is 3.27. The lowest BCUT2D eigenvalue weighted by Crippen LogP contribution is -2.72. The van der Waals surface area contributed by atoms with Gasteiger partial charge in [0.2, 0.25) is 0 Å². The summed E-state index contributed by atoms with van der Waals surface area (Å²) in [5.74, 6) is 0. The second kappa shape index (κ2) is 2.24. The molecule has 0 aromatic carbocycles. The Labute approximate surface area is 73.7 Å². The van der Waals surface area contributed by atoms with Crippen molar-refractivity contribution < 1.29 is 4.74 Å². The van der Waals surface area contributed by atoms with E-state index in [-0.39, 0.29) is 0 Å². The van der Waals surface area contributed by atoms with Crippen LogP contribution in [0.1, 0.15) is 32.1 Å². The van der Waals surface area contributed by atoms with Crippen LogP contribution in [0.5, 0.6) is 0 Å². The summed E-state index contributed by atoms with van der Waals surface area (Å²) in [6.07, 6.45) is 7.15. The number of fused-ring (bicyclic) bond motifs is 1. The van der Waals surface area contributed by atoms with Gasteiger partial charge in [-0.1, -0.05) is 6.42 Å². The van der Waals surface area contributed by atoms with Crippen LogP contribution in [0.2, 0.25) is 0 Å². The Morgan fingerprint density at radius 2 is 2.00 bits per heavy atom. The van der Waals surface area contributed by atoms with Gasteiger partial charge in [0.05, 0.1) is 13.2 Å². The van der Waals surface area contributed by atoms with Gasteiger partial charge in [0, 0.05) is 12.1 Å². The van der Waals surface area contributed by atoms with Crippen LogP contribution >= 0.6 is 0 Å². The van der Waals surface area contributed by atoms with Crippen molar-refractivity contribution in [1.29, 1.82) is 0 Å². The molecule has 12 heavy (non-hydrogen) atoms. The van der Waals surface area contributed by atoms with Crippen LogP contribution in [0.3, 0.4) is 0 Å². The molecule has 1 aliphatic heterocycles. The lowest BCUT2D eigenvalue weighted by Gasteiger charge is -2.65. The predicted molar refractivity (Wildman–Crippen MR) is 47.1 cm³/mol. The lowest BCUT2D eigenvalue weighted by molar-refractivity contribution is -0.151. The van der Waals surface area contributed by atoms with E-state index in [4.69, 9.17) is 4.74 Å². The van der Waals surface area contributed by atoms with E-state index in [0.29, 0.717) is 11.0 Å². The van der Waals surface area contributed by atoms with Crippen molar-refractivity contribution in [2.75, 3.05) is 19.8 Å². The van der Waals surface area contributed by atoms with E-state index in [1.165, 1.54) is 32.1 Å². The van der Waals surface area contributed by atoms with Crippen LogP contribution in [0, 0.1) is 5.41 Å². The molecular formula is C10H17NO. The summed E-state index contributed by atoms with van der Waals surface area (Å²) in [4.78, 5) is 0. The van der Waals surface area contributed by atoms with E-state index >= 15 is 0 Å². The minimum atomic E-state index is 0.420. The zero-order valence-electron chi connectivity index (χ0n) is 7.57. The van der Waals surface area contributed by atoms with Crippen LogP contribution in [-0.4, -0.2) is 25.3 Å². The van der Waals surface area contributed by atoms with Gasteiger partial charge < -0.3 is 10.1 Å². The minimum Gasteiger partial charge on any atom is -0.378 e. The third kappa shape index (κ3) is 0.686. The van der Waals surface area contributed by atoms with E-state index in [0.717, 1.165) is 19.8 Å². The van der Waals surface area contributed by atoms with Crippen molar-refractivity contribution >= 4 is 0 Å². The van der Waals surface area contributed by atoms with Gasteiger partial charge >= 0.3 is 0 Å². The number of ether oxygens (including phenoxy) is 1. The summed E-state index contributed by atoms with van der Waals surface area (Å²) in [5, 5.41) is 3.70. The quantitative estimate of drug-likeness (QED) is 0.587. The fourth-order valence-electron chi connectivity index (χ4n) is 3.27. The second-order valence-electron chi connectivity index (χ2n) is 4.70. The van der Waals surface area contributed by atoms with Gasteiger partial charge in [-0.2, -0.15) is 0 Å². The molecular weight excluding hydrogens is 150 g/mol. The average molecular weight is 167 g/mol. The van der Waals surface area contributed by atoms with Crippen LogP contribution in [-0.2, 0) is 4.74 Å². The van der Waals surface area contributed by atoms with Crippen molar-refractivity contribution in [2.24, 2.45) is 5.41 Å². The highest BCUT2D eigenvalue weighted by Gasteiger charge is 2.61. The molecule has 3 aliphatic rings. The molecule has 3 fully saturated rings. The van der Waals surface area contributed by atoms with E-state index in [1.807, 2.05) is 0 Å². The van der Waals surface area contributed by atoms with E-state index in [9.17, 15) is 0 Å². The van der Waals surface area contributed by atoms with Crippen LogP contribution in [0.25, 0.3) is 0 Å². The third-order valence-corrected chi connectivity index (χ3v) is 4.41. The van der Waals surface area contributed by atoms with Crippen molar-refractivity contribution in [3.8, 4) is 0 Å². The molecule has 2 heteroatoms. The summed E-state index contributed by atoms with van der Waals surface area (Å²) >= 11 is 0. The van der Waals surface area contributed by atoms with Crippen molar-refractivity contribution in [3.63, 3.8) is 0 Å². The first kappa shape index (κ1) is 7.34. The first-order valence-corrected chi connectivity index (χ1v) is 5.20. The molecule has 1 N–H and O–H groups in total. The van der Waals surface area contributed by atoms with E-state index in [1.54, 1.807) is 0 Å². The molecule has 2 nitrogen and oxygen atoms in total. The highest BCUT2D eigenvalue weighted by Crippen LogP contribution is 2.62. The molecule has 0 bridgehead atoms. The molecule has 2 spiro atoms. The first-order valence-electron chi connectivity index (χ1n) is 5.20. The normalized spacial score (nSPS) is 44.0. The summed E-state index contributed by atoms with van der Waals surface area (Å²) < 4.78 is 5.60. The SMILES string of the molecule is C1CC2(C1)CCC21COCCN1. The van der Waals surface area contributed by atoms with Crippen molar-refractivity contribution in [3.05, 3.63) is 0 Å². The molecule has 0 aromatic heterocycles. The van der Waals surface area contributed by atoms with E-state index < -0.39 is 0 Å². The molecule has 1 unspecified atom stereocenters. The predicted octanol–water partition coefficient (Wildman–Crippen LogP) is 1.31. The Kier molecular flexibility index (Phi) is 1.37. The largest absolute Gasteiger partial charge is 0.378 e. The summed E-state index contributed by atoms with van der Waals surface area (Å²) in [6, 6.07) is 0. The number of hydrogen-bond acceptors (Lipinski definition) is 2. The Morgan fingerprint density at radius 1 is 1.08 bits per heavy atom. The zero-order valence-corrected chi connectivity index (χ0v) is 7.57. The molecule has 0 radical (unpaired) electrons. The smallest absolute Gasteiger partial charge is 0.0654 e. The number of hydrogen-bond donors (Lipinski definition) is 1. The molecule has 3 rings (SSSR count). The molecule has 1 atom stereocenters. The molecule has 0 amide bonds. The second-order valence-corrected chi connectivity index (χ2v) is 4.70. The molecule has 0 aromatic rings. The van der Waals surface area contributed by atoms with Gasteiger partial charge in [0.1, 0.15) is 0 Å². The maximum Gasteiger partial charge on any atom is 0.0654 e. The molecule has 1 heterocycles. The summed E-state index contributed by atoms with van der Waals surface area (Å²) in [6.45, 7) is 2.96. The van der Waals surface area contributed by atoms with Crippen molar-refractivity contribution in [2.45, 2.75) is 37.6 Å². The van der Waals surface area contributed by atoms with Gasteiger partial charge in [-0.05, 0) is 31.1 Å². The Bertz CT molecular complexity index is 187. The van der Waals surface area contributed by atoms with Crippen LogP contribution in [0.15, 0.2) is 0 Å². The van der Waals surface area contributed by atoms with Gasteiger partial charge in [-0.3, -0.25) is 0 Å². The Balaban J connectivity index is 1.80. The molecule has 68 valence electrons. The van der Waals surface area contributed by atoms with Crippen molar-refractivity contribution in [1.82, 2.24) is 5.32 Å². The molecule has 2 saturated carbocycles. The Hall–Kier alpha value is -0.0800. The fraction of sp³-hybridized carbons (Fsp3) is 1.00. The number of nitrogens with one attached hydrogen (secondary N) is 1. The zero-order chi connectivity index (χ0) is 8.07. The van der Waals surface area contributed by atoms with Gasteiger partial charge in [0.15, 0.2) is 0 Å². The molecule has 2 aliphatic carbocycles. The van der Waals surface area contributed by atoms with E-state index in [2.05, 4.69) is 5.32 Å². The van der Waals surface area contributed by atoms with Crippen LogP contribution in [0.4, 0.5) is 0 Å². The van der Waals surface area contributed by atoms with Crippen LogP contribution < -0.4 is 5.32 Å². The highest BCUT2D eigenvalue weighted by molar-refractivity contribution is 5.17. The molecule has 1 saturated heterocycles. The maximum atomic E-state index is 5.60. The Morgan fingerprint density at radius 3 is 2.42 bits per heavy atom. The monoisotopic (exact) mass is 167 g/mol. The lowest BCUT2D eigenvalue weighted by atomic mass is 9.45. The van der Waals surface area contributed by atoms with Gasteiger partial charge in [0.25, 0.3) is 0 Å². The first-order chi connectivity index (χ1) is 5.87. The summed E-state index contributed by atoms with van der Waals surface area (Å²) in [7, 11) is 0.